The average Bonchev–Trinajstić information content (AvgIpc) is 2.80. The number of piperidine rings is 1. The van der Waals surface area contributed by atoms with Gasteiger partial charge in [0.15, 0.2) is 0 Å². The lowest BCUT2D eigenvalue weighted by Crippen LogP contribution is -2.59. The summed E-state index contributed by atoms with van der Waals surface area (Å²) in [6, 6.07) is 11.9. The van der Waals surface area contributed by atoms with Crippen LogP contribution in [0.4, 0.5) is 19.3 Å². The maximum Gasteiger partial charge on any atom is 0.321 e. The predicted octanol–water partition coefficient (Wildman–Crippen LogP) is 2.83. The molecule has 2 heterocycles. The number of carbonyl (C=O) groups is 3. The molecule has 2 aliphatic rings. The van der Waals surface area contributed by atoms with E-state index < -0.39 is 29.5 Å². The third kappa shape index (κ3) is 4.71. The molecule has 2 fully saturated rings. The molecule has 0 saturated carbocycles. The third-order valence-electron chi connectivity index (χ3n) is 5.92. The molecule has 2 aromatic rings. The van der Waals surface area contributed by atoms with Gasteiger partial charge in [-0.05, 0) is 30.5 Å². The molecule has 4 amide bonds. The normalized spacial score (nSPS) is 17.6. The lowest BCUT2D eigenvalue weighted by Gasteiger charge is -2.42. The molecule has 0 aliphatic carbocycles. The second kappa shape index (κ2) is 9.33. The molecule has 7 nitrogen and oxygen atoms in total. The molecule has 0 aromatic heterocycles. The van der Waals surface area contributed by atoms with E-state index in [1.807, 2.05) is 30.3 Å². The second-order valence-corrected chi connectivity index (χ2v) is 7.98. The number of benzene rings is 2. The summed E-state index contributed by atoms with van der Waals surface area (Å²) >= 11 is 0. The van der Waals surface area contributed by atoms with E-state index in [1.165, 1.54) is 11.0 Å². The number of anilines is 1. The molecule has 2 aromatic carbocycles. The Kier molecular flexibility index (Phi) is 6.34. The van der Waals surface area contributed by atoms with Crippen molar-refractivity contribution in [1.29, 1.82) is 0 Å². The van der Waals surface area contributed by atoms with Gasteiger partial charge >= 0.3 is 17.8 Å². The van der Waals surface area contributed by atoms with Crippen LogP contribution in [0.5, 0.6) is 0 Å². The van der Waals surface area contributed by atoms with Gasteiger partial charge in [-0.15, -0.1) is 0 Å². The van der Waals surface area contributed by atoms with E-state index in [2.05, 4.69) is 5.32 Å². The van der Waals surface area contributed by atoms with Gasteiger partial charge in [-0.2, -0.15) is 0 Å². The van der Waals surface area contributed by atoms with Crippen LogP contribution in [0.25, 0.3) is 0 Å². The summed E-state index contributed by atoms with van der Waals surface area (Å²) < 4.78 is 26.8. The first-order valence-electron chi connectivity index (χ1n) is 10.6. The predicted molar refractivity (Wildman–Crippen MR) is 114 cm³/mol. The fourth-order valence-electron chi connectivity index (χ4n) is 4.16. The Morgan fingerprint density at radius 2 is 1.66 bits per heavy atom. The molecule has 0 radical (unpaired) electrons. The van der Waals surface area contributed by atoms with Crippen LogP contribution in [0.2, 0.25) is 0 Å². The Morgan fingerprint density at radius 1 is 0.938 bits per heavy atom. The van der Waals surface area contributed by atoms with Gasteiger partial charge in [-0.25, -0.2) is 13.6 Å². The Morgan fingerprint density at radius 3 is 2.34 bits per heavy atom. The number of likely N-dealkylation sites (tertiary alicyclic amines) is 1. The summed E-state index contributed by atoms with van der Waals surface area (Å²) in [7, 11) is 0. The van der Waals surface area contributed by atoms with Crippen LogP contribution in [0.3, 0.4) is 0 Å². The number of nitrogens with one attached hydrogen (secondary N) is 1. The first kappa shape index (κ1) is 21.7. The molecule has 9 heteroatoms. The molecule has 0 spiro atoms. The number of halogens is 2. The van der Waals surface area contributed by atoms with Crippen molar-refractivity contribution in [2.45, 2.75) is 25.4 Å². The van der Waals surface area contributed by atoms with E-state index in [9.17, 15) is 23.2 Å². The number of rotatable bonds is 4. The molecule has 168 valence electrons. The Bertz CT molecular complexity index is 1010. The third-order valence-corrected chi connectivity index (χ3v) is 5.92. The summed E-state index contributed by atoms with van der Waals surface area (Å²) in [5.41, 5.74) is 0.882. The van der Waals surface area contributed by atoms with Gasteiger partial charge < -0.3 is 20.0 Å². The van der Waals surface area contributed by atoms with Gasteiger partial charge in [0.2, 0.25) is 0 Å². The van der Waals surface area contributed by atoms with Crippen molar-refractivity contribution in [3.8, 4) is 0 Å². The molecule has 2 saturated heterocycles. The number of piperazine rings is 1. The zero-order chi connectivity index (χ0) is 22.7. The summed E-state index contributed by atoms with van der Waals surface area (Å²) in [4.78, 5) is 42.5. The van der Waals surface area contributed by atoms with E-state index in [0.29, 0.717) is 51.6 Å². The van der Waals surface area contributed by atoms with Crippen LogP contribution in [0.1, 0.15) is 18.4 Å². The van der Waals surface area contributed by atoms with Crippen molar-refractivity contribution in [2.75, 3.05) is 31.5 Å². The summed E-state index contributed by atoms with van der Waals surface area (Å²) in [5, 5.41) is 2.45. The fraction of sp³-hybridized carbons (Fsp3) is 0.348. The zero-order valence-electron chi connectivity index (χ0n) is 17.5. The first-order chi connectivity index (χ1) is 15.4. The maximum atomic E-state index is 13.8. The number of hydrogen-bond donors (Lipinski definition) is 1. The van der Waals surface area contributed by atoms with Crippen LogP contribution in [0, 0.1) is 11.6 Å². The minimum atomic E-state index is -0.842. The maximum absolute atomic E-state index is 13.8. The number of carbonyl (C=O) groups excluding carboxylic acids is 3. The molecule has 1 N–H and O–H groups in total. The van der Waals surface area contributed by atoms with Crippen molar-refractivity contribution in [2.24, 2.45) is 0 Å². The number of urea groups is 1. The quantitative estimate of drug-likeness (QED) is 0.741. The summed E-state index contributed by atoms with van der Waals surface area (Å²) in [6.07, 6.45) is 1.05. The summed E-state index contributed by atoms with van der Waals surface area (Å²) in [6.45, 7) is 2.05. The summed E-state index contributed by atoms with van der Waals surface area (Å²) in [5.74, 6) is -2.58. The second-order valence-electron chi connectivity index (χ2n) is 7.98. The standard InChI is InChI=1S/C23H24F2N4O3/c24-17-6-7-20(19(25)14-17)26-23(32)27-10-8-18(9-11-27)29-13-12-28(21(30)22(29)31)15-16-4-2-1-3-5-16/h1-7,14,18H,8-13,15H2,(H,26,32). The average molecular weight is 442 g/mol. The van der Waals surface area contributed by atoms with E-state index in [-0.39, 0.29) is 11.7 Å². The lowest BCUT2D eigenvalue weighted by atomic mass is 10.0. The largest absolute Gasteiger partial charge is 0.330 e. The van der Waals surface area contributed by atoms with Crippen molar-refractivity contribution >= 4 is 23.5 Å². The number of hydrogen-bond acceptors (Lipinski definition) is 3. The monoisotopic (exact) mass is 442 g/mol. The van der Waals surface area contributed by atoms with E-state index in [4.69, 9.17) is 0 Å². The minimum Gasteiger partial charge on any atom is -0.330 e. The Balaban J connectivity index is 1.30. The number of amides is 4. The molecule has 0 unspecified atom stereocenters. The van der Waals surface area contributed by atoms with Crippen molar-refractivity contribution in [3.63, 3.8) is 0 Å². The Labute approximate surface area is 184 Å². The molecular formula is C23H24F2N4O3. The van der Waals surface area contributed by atoms with Gasteiger partial charge in [-0.3, -0.25) is 9.59 Å². The Hall–Kier alpha value is -3.49. The van der Waals surface area contributed by atoms with E-state index in [0.717, 1.165) is 11.6 Å². The van der Waals surface area contributed by atoms with Crippen LogP contribution in [-0.2, 0) is 16.1 Å². The van der Waals surface area contributed by atoms with Gasteiger partial charge in [0, 0.05) is 44.8 Å². The van der Waals surface area contributed by atoms with Crippen LogP contribution in [-0.4, -0.2) is 64.8 Å². The van der Waals surface area contributed by atoms with Gasteiger partial charge in [-0.1, -0.05) is 30.3 Å². The highest BCUT2D eigenvalue weighted by atomic mass is 19.1. The molecule has 2 aliphatic heterocycles. The zero-order valence-corrected chi connectivity index (χ0v) is 17.5. The van der Waals surface area contributed by atoms with Crippen LogP contribution < -0.4 is 5.32 Å². The lowest BCUT2D eigenvalue weighted by molar-refractivity contribution is -0.158. The fourth-order valence-corrected chi connectivity index (χ4v) is 4.16. The molecule has 4 rings (SSSR count). The van der Waals surface area contributed by atoms with Gasteiger partial charge in [0.1, 0.15) is 11.6 Å². The molecule has 0 atom stereocenters. The minimum absolute atomic E-state index is 0.0890. The van der Waals surface area contributed by atoms with Crippen LogP contribution in [0.15, 0.2) is 48.5 Å². The van der Waals surface area contributed by atoms with E-state index in [1.54, 1.807) is 9.80 Å². The highest BCUT2D eigenvalue weighted by Gasteiger charge is 2.38. The van der Waals surface area contributed by atoms with E-state index >= 15 is 0 Å². The topological polar surface area (TPSA) is 73.0 Å². The van der Waals surface area contributed by atoms with Crippen molar-refractivity contribution in [3.05, 3.63) is 65.7 Å². The SMILES string of the molecule is O=C(Nc1ccc(F)cc1F)N1CCC(N2CCN(Cc3ccccc3)C(=O)C2=O)CC1. The van der Waals surface area contributed by atoms with Crippen LogP contribution >= 0.6 is 0 Å². The van der Waals surface area contributed by atoms with Crippen molar-refractivity contribution < 1.29 is 23.2 Å². The molecular weight excluding hydrogens is 418 g/mol. The molecule has 0 bridgehead atoms. The van der Waals surface area contributed by atoms with Crippen molar-refractivity contribution in [1.82, 2.24) is 14.7 Å². The smallest absolute Gasteiger partial charge is 0.321 e. The number of nitrogens with zero attached hydrogens (tertiary/aromatic N) is 3. The highest BCUT2D eigenvalue weighted by Crippen LogP contribution is 2.22. The molecule has 32 heavy (non-hydrogen) atoms. The first-order valence-corrected chi connectivity index (χ1v) is 10.6. The van der Waals surface area contributed by atoms with Gasteiger partial charge in [0.05, 0.1) is 5.69 Å². The highest BCUT2D eigenvalue weighted by molar-refractivity contribution is 6.35. The van der Waals surface area contributed by atoms with Gasteiger partial charge in [0.25, 0.3) is 0 Å².